The van der Waals surface area contributed by atoms with Gasteiger partial charge in [-0.2, -0.15) is 0 Å². The monoisotopic (exact) mass is 380 g/mol. The molecular weight excluding hydrogens is 356 g/mol. The van der Waals surface area contributed by atoms with E-state index in [0.717, 1.165) is 12.8 Å². The molecule has 0 atom stereocenters. The molecule has 0 aliphatic heterocycles. The Morgan fingerprint density at radius 1 is 1.00 bits per heavy atom. The van der Waals surface area contributed by atoms with Gasteiger partial charge in [-0.3, -0.25) is 14.0 Å². The number of imidazole rings is 1. The first-order valence-electron chi connectivity index (χ1n) is 9.27. The Labute approximate surface area is 163 Å². The molecule has 2 aromatic heterocycles. The molecule has 2 amide bonds. The highest BCUT2D eigenvalue weighted by Gasteiger charge is 2.20. The molecule has 0 saturated heterocycles. The van der Waals surface area contributed by atoms with Gasteiger partial charge in [0.05, 0.1) is 12.1 Å². The first-order chi connectivity index (χ1) is 13.7. The summed E-state index contributed by atoms with van der Waals surface area (Å²) in [6, 6.07) is 15.5. The SMILES string of the molecule is COCCNC(=O)c1nc(C(=O)NCCCc2ccccc2)n2ccccc12. The van der Waals surface area contributed by atoms with Crippen molar-refractivity contribution in [2.45, 2.75) is 12.8 Å². The van der Waals surface area contributed by atoms with Crippen molar-refractivity contribution in [1.82, 2.24) is 20.0 Å². The highest BCUT2D eigenvalue weighted by Crippen LogP contribution is 2.13. The number of pyridine rings is 1. The van der Waals surface area contributed by atoms with Crippen molar-refractivity contribution in [2.24, 2.45) is 0 Å². The van der Waals surface area contributed by atoms with Gasteiger partial charge in [-0.25, -0.2) is 4.98 Å². The van der Waals surface area contributed by atoms with Crippen LogP contribution in [0.1, 0.15) is 33.1 Å². The molecule has 0 saturated carbocycles. The number of rotatable bonds is 9. The second-order valence-electron chi connectivity index (χ2n) is 6.33. The van der Waals surface area contributed by atoms with Gasteiger partial charge in [0, 0.05) is 26.4 Å². The Balaban J connectivity index is 1.66. The molecule has 3 aromatic rings. The van der Waals surface area contributed by atoms with E-state index in [1.807, 2.05) is 24.3 Å². The number of benzene rings is 1. The molecule has 0 bridgehead atoms. The standard InChI is InChI=1S/C21H24N4O3/c1-28-15-13-23-20(26)18-17-11-5-6-14-25(17)19(24-18)21(27)22-12-7-10-16-8-3-2-4-9-16/h2-6,8-9,11,14H,7,10,12-13,15H2,1H3,(H,22,27)(H,23,26). The van der Waals surface area contributed by atoms with Gasteiger partial charge < -0.3 is 15.4 Å². The summed E-state index contributed by atoms with van der Waals surface area (Å²) >= 11 is 0. The Morgan fingerprint density at radius 3 is 2.54 bits per heavy atom. The number of carbonyl (C=O) groups excluding carboxylic acids is 2. The summed E-state index contributed by atoms with van der Waals surface area (Å²) in [6.07, 6.45) is 3.44. The highest BCUT2D eigenvalue weighted by molar-refractivity contribution is 6.02. The molecule has 7 nitrogen and oxygen atoms in total. The van der Waals surface area contributed by atoms with Crippen molar-refractivity contribution < 1.29 is 14.3 Å². The lowest BCUT2D eigenvalue weighted by atomic mass is 10.1. The third-order valence-electron chi connectivity index (χ3n) is 4.33. The zero-order chi connectivity index (χ0) is 19.8. The van der Waals surface area contributed by atoms with E-state index in [1.165, 1.54) is 5.56 Å². The molecule has 0 fully saturated rings. The molecule has 2 N–H and O–H groups in total. The van der Waals surface area contributed by atoms with Crippen LogP contribution in [-0.2, 0) is 11.2 Å². The van der Waals surface area contributed by atoms with Crippen molar-refractivity contribution in [3.8, 4) is 0 Å². The summed E-state index contributed by atoms with van der Waals surface area (Å²) in [7, 11) is 1.57. The van der Waals surface area contributed by atoms with Gasteiger partial charge in [0.25, 0.3) is 11.8 Å². The highest BCUT2D eigenvalue weighted by atomic mass is 16.5. The van der Waals surface area contributed by atoms with Crippen molar-refractivity contribution in [3.63, 3.8) is 0 Å². The number of nitrogens with zero attached hydrogens (tertiary/aromatic N) is 2. The number of aromatic nitrogens is 2. The summed E-state index contributed by atoms with van der Waals surface area (Å²) < 4.78 is 6.58. The van der Waals surface area contributed by atoms with Crippen molar-refractivity contribution in [2.75, 3.05) is 26.8 Å². The molecule has 7 heteroatoms. The molecular formula is C21H24N4O3. The predicted octanol–water partition coefficient (Wildman–Crippen LogP) is 2.07. The number of hydrogen-bond acceptors (Lipinski definition) is 4. The molecule has 146 valence electrons. The Hall–Kier alpha value is -3.19. The maximum Gasteiger partial charge on any atom is 0.287 e. The van der Waals surface area contributed by atoms with E-state index in [-0.39, 0.29) is 23.3 Å². The molecule has 0 radical (unpaired) electrons. The van der Waals surface area contributed by atoms with Crippen molar-refractivity contribution >= 4 is 17.3 Å². The topological polar surface area (TPSA) is 84.7 Å². The summed E-state index contributed by atoms with van der Waals surface area (Å²) in [5.41, 5.74) is 2.05. The first-order valence-corrected chi connectivity index (χ1v) is 9.27. The van der Waals surface area contributed by atoms with E-state index in [9.17, 15) is 9.59 Å². The quantitative estimate of drug-likeness (QED) is 0.557. The van der Waals surface area contributed by atoms with Gasteiger partial charge in [0.2, 0.25) is 5.82 Å². The maximum atomic E-state index is 12.6. The van der Waals surface area contributed by atoms with Gasteiger partial charge in [0.15, 0.2) is 5.69 Å². The largest absolute Gasteiger partial charge is 0.383 e. The third kappa shape index (κ3) is 4.75. The van der Waals surface area contributed by atoms with Crippen LogP contribution >= 0.6 is 0 Å². The fraction of sp³-hybridized carbons (Fsp3) is 0.286. The van der Waals surface area contributed by atoms with E-state index in [2.05, 4.69) is 27.8 Å². The molecule has 0 aliphatic carbocycles. The lowest BCUT2D eigenvalue weighted by molar-refractivity contribution is 0.0934. The number of nitrogens with one attached hydrogen (secondary N) is 2. The van der Waals surface area contributed by atoms with Gasteiger partial charge in [-0.1, -0.05) is 36.4 Å². The van der Waals surface area contributed by atoms with E-state index >= 15 is 0 Å². The molecule has 0 aliphatic rings. The van der Waals surface area contributed by atoms with Crippen molar-refractivity contribution in [3.05, 3.63) is 71.8 Å². The van der Waals surface area contributed by atoms with Crippen LogP contribution in [0.3, 0.4) is 0 Å². The van der Waals surface area contributed by atoms with E-state index in [0.29, 0.717) is 25.2 Å². The zero-order valence-electron chi connectivity index (χ0n) is 15.9. The normalized spacial score (nSPS) is 10.8. The fourth-order valence-electron chi connectivity index (χ4n) is 2.93. The number of carbonyl (C=O) groups is 2. The minimum absolute atomic E-state index is 0.201. The van der Waals surface area contributed by atoms with Crippen LogP contribution in [0.4, 0.5) is 0 Å². The second kappa shape index (κ2) is 9.66. The van der Waals surface area contributed by atoms with Crippen LogP contribution in [0.15, 0.2) is 54.7 Å². The minimum atomic E-state index is -0.330. The number of fused-ring (bicyclic) bond motifs is 1. The Bertz CT molecular complexity index is 937. The average Bonchev–Trinajstić information content (AvgIpc) is 3.12. The summed E-state index contributed by atoms with van der Waals surface area (Å²) in [5, 5.41) is 5.64. The van der Waals surface area contributed by atoms with Gasteiger partial charge in [0.1, 0.15) is 0 Å². The third-order valence-corrected chi connectivity index (χ3v) is 4.33. The summed E-state index contributed by atoms with van der Waals surface area (Å²) in [4.78, 5) is 29.3. The van der Waals surface area contributed by atoms with Crippen LogP contribution in [0.5, 0.6) is 0 Å². The van der Waals surface area contributed by atoms with E-state index < -0.39 is 0 Å². The number of hydrogen-bond donors (Lipinski definition) is 2. The summed E-state index contributed by atoms with van der Waals surface area (Å²) in [6.45, 7) is 1.32. The maximum absolute atomic E-state index is 12.6. The summed E-state index contributed by atoms with van der Waals surface area (Å²) in [5.74, 6) is -0.429. The number of ether oxygens (including phenoxy) is 1. The van der Waals surface area contributed by atoms with Gasteiger partial charge >= 0.3 is 0 Å². The lowest BCUT2D eigenvalue weighted by Crippen LogP contribution is -2.28. The average molecular weight is 380 g/mol. The molecule has 2 heterocycles. The van der Waals surface area contributed by atoms with Gasteiger partial charge in [-0.05, 0) is 30.5 Å². The smallest absolute Gasteiger partial charge is 0.287 e. The van der Waals surface area contributed by atoms with E-state index in [4.69, 9.17) is 4.74 Å². The lowest BCUT2D eigenvalue weighted by Gasteiger charge is -2.05. The number of methoxy groups -OCH3 is 1. The van der Waals surface area contributed by atoms with Crippen LogP contribution in [-0.4, -0.2) is 48.0 Å². The molecule has 0 spiro atoms. The Kier molecular flexibility index (Phi) is 6.75. The minimum Gasteiger partial charge on any atom is -0.383 e. The number of aryl methyl sites for hydroxylation is 1. The van der Waals surface area contributed by atoms with E-state index in [1.54, 1.807) is 29.8 Å². The zero-order valence-corrected chi connectivity index (χ0v) is 15.9. The Morgan fingerprint density at radius 2 is 1.75 bits per heavy atom. The van der Waals surface area contributed by atoms with Crippen molar-refractivity contribution in [1.29, 1.82) is 0 Å². The molecule has 28 heavy (non-hydrogen) atoms. The van der Waals surface area contributed by atoms with Crippen LogP contribution in [0.2, 0.25) is 0 Å². The predicted molar refractivity (Wildman–Crippen MR) is 106 cm³/mol. The molecule has 1 aromatic carbocycles. The van der Waals surface area contributed by atoms with Crippen LogP contribution in [0, 0.1) is 0 Å². The molecule has 0 unspecified atom stereocenters. The van der Waals surface area contributed by atoms with Crippen LogP contribution in [0.25, 0.3) is 5.52 Å². The fourth-order valence-corrected chi connectivity index (χ4v) is 2.93. The molecule has 3 rings (SSSR count). The first kappa shape index (κ1) is 19.6. The van der Waals surface area contributed by atoms with Gasteiger partial charge in [-0.15, -0.1) is 0 Å². The number of amides is 2. The van der Waals surface area contributed by atoms with Crippen LogP contribution < -0.4 is 10.6 Å². The second-order valence-corrected chi connectivity index (χ2v) is 6.33.